The molecule has 0 aliphatic carbocycles. The van der Waals surface area contributed by atoms with Crippen LogP contribution in [0.25, 0.3) is 0 Å². The first-order valence-corrected chi connectivity index (χ1v) is 6.80. The molecule has 0 fully saturated rings. The zero-order chi connectivity index (χ0) is 13.1. The van der Waals surface area contributed by atoms with E-state index in [-0.39, 0.29) is 6.04 Å². The summed E-state index contributed by atoms with van der Waals surface area (Å²) >= 11 is 0. The summed E-state index contributed by atoms with van der Waals surface area (Å²) in [6.45, 7) is 8.64. The molecule has 0 aromatic heterocycles. The Labute approximate surface area is 110 Å². The molecule has 0 spiro atoms. The second kappa shape index (κ2) is 5.68. The first kappa shape index (κ1) is 13.3. The third kappa shape index (κ3) is 2.82. The molecule has 2 N–H and O–H groups in total. The Hall–Kier alpha value is -1.12. The highest BCUT2D eigenvalue weighted by atomic mass is 15.2. The lowest BCUT2D eigenvalue weighted by atomic mass is 9.93. The third-order valence-corrected chi connectivity index (χ3v) is 3.87. The van der Waals surface area contributed by atoms with Crippen molar-refractivity contribution >= 4 is 0 Å². The highest BCUT2D eigenvalue weighted by molar-refractivity contribution is 5.30. The second-order valence-corrected chi connectivity index (χ2v) is 5.46. The van der Waals surface area contributed by atoms with Crippen molar-refractivity contribution in [2.45, 2.75) is 39.3 Å². The molecular weight excluding hydrogens is 220 g/mol. The highest BCUT2D eigenvalue weighted by Crippen LogP contribution is 2.28. The molecule has 1 aliphatic rings. The predicted molar refractivity (Wildman–Crippen MR) is 77.5 cm³/mol. The quantitative estimate of drug-likeness (QED) is 0.828. The van der Waals surface area contributed by atoms with Gasteiger partial charge in [-0.15, -0.1) is 0 Å². The van der Waals surface area contributed by atoms with Gasteiger partial charge in [0.1, 0.15) is 0 Å². The van der Waals surface area contributed by atoms with Gasteiger partial charge in [0.2, 0.25) is 0 Å². The van der Waals surface area contributed by atoms with Crippen LogP contribution in [0.2, 0.25) is 0 Å². The molecular formula is C16H24N2. The summed E-state index contributed by atoms with van der Waals surface area (Å²) in [6.07, 6.45) is 3.49. The molecule has 0 saturated carbocycles. The molecule has 1 heterocycles. The van der Waals surface area contributed by atoms with Crippen LogP contribution in [-0.4, -0.2) is 24.0 Å². The lowest BCUT2D eigenvalue weighted by molar-refractivity contribution is 0.189. The molecule has 1 aliphatic heterocycles. The van der Waals surface area contributed by atoms with Crippen LogP contribution >= 0.6 is 0 Å². The Morgan fingerprint density at radius 2 is 1.94 bits per heavy atom. The van der Waals surface area contributed by atoms with Crippen molar-refractivity contribution in [2.24, 2.45) is 5.73 Å². The lowest BCUT2D eigenvalue weighted by Crippen LogP contribution is -2.41. The van der Waals surface area contributed by atoms with Crippen molar-refractivity contribution < 1.29 is 0 Å². The zero-order valence-corrected chi connectivity index (χ0v) is 11.7. The van der Waals surface area contributed by atoms with Gasteiger partial charge in [-0.2, -0.15) is 0 Å². The van der Waals surface area contributed by atoms with Crippen molar-refractivity contribution in [3.05, 3.63) is 47.0 Å². The van der Waals surface area contributed by atoms with E-state index in [9.17, 15) is 0 Å². The molecule has 2 unspecified atom stereocenters. The van der Waals surface area contributed by atoms with E-state index in [4.69, 9.17) is 5.73 Å². The van der Waals surface area contributed by atoms with Gasteiger partial charge in [0, 0.05) is 19.1 Å². The largest absolute Gasteiger partial charge is 0.326 e. The Morgan fingerprint density at radius 1 is 1.22 bits per heavy atom. The van der Waals surface area contributed by atoms with Gasteiger partial charge in [0.15, 0.2) is 0 Å². The second-order valence-electron chi connectivity index (χ2n) is 5.46. The summed E-state index contributed by atoms with van der Waals surface area (Å²) < 4.78 is 0. The Kier molecular flexibility index (Phi) is 4.20. The molecule has 2 heteroatoms. The average molecular weight is 244 g/mol. The van der Waals surface area contributed by atoms with E-state index in [0.717, 1.165) is 19.5 Å². The van der Waals surface area contributed by atoms with E-state index >= 15 is 0 Å². The van der Waals surface area contributed by atoms with Crippen molar-refractivity contribution in [3.8, 4) is 0 Å². The number of benzene rings is 1. The van der Waals surface area contributed by atoms with Crippen LogP contribution in [0.5, 0.6) is 0 Å². The highest BCUT2D eigenvalue weighted by Gasteiger charge is 2.25. The minimum absolute atomic E-state index is 0.151. The molecule has 0 radical (unpaired) electrons. The maximum atomic E-state index is 6.24. The van der Waals surface area contributed by atoms with Crippen molar-refractivity contribution in [3.63, 3.8) is 0 Å². The summed E-state index contributed by atoms with van der Waals surface area (Å²) in [5.74, 6) is 0. The van der Waals surface area contributed by atoms with Gasteiger partial charge in [-0.3, -0.25) is 4.90 Å². The number of rotatable bonds is 3. The third-order valence-electron chi connectivity index (χ3n) is 3.87. The van der Waals surface area contributed by atoms with Crippen LogP contribution in [0.3, 0.4) is 0 Å². The predicted octanol–water partition coefficient (Wildman–Crippen LogP) is 3.04. The molecule has 2 nitrogen and oxygen atoms in total. The Morgan fingerprint density at radius 3 is 2.50 bits per heavy atom. The number of aryl methyl sites for hydroxylation is 1. The molecule has 0 amide bonds. The van der Waals surface area contributed by atoms with E-state index in [1.165, 1.54) is 16.7 Å². The van der Waals surface area contributed by atoms with Gasteiger partial charge < -0.3 is 5.73 Å². The van der Waals surface area contributed by atoms with Gasteiger partial charge in [0.05, 0.1) is 6.04 Å². The SMILES string of the molecule is CC1=CCN(C(c2ccccc2C)C(C)N)CC1. The van der Waals surface area contributed by atoms with Gasteiger partial charge in [-0.05, 0) is 38.3 Å². The normalized spacial score (nSPS) is 20.3. The maximum absolute atomic E-state index is 6.24. The Balaban J connectivity index is 2.27. The van der Waals surface area contributed by atoms with E-state index in [1.54, 1.807) is 0 Å². The van der Waals surface area contributed by atoms with Crippen LogP contribution in [0.1, 0.15) is 37.4 Å². The van der Waals surface area contributed by atoms with Gasteiger partial charge in [-0.25, -0.2) is 0 Å². The number of hydrogen-bond donors (Lipinski definition) is 1. The topological polar surface area (TPSA) is 29.3 Å². The minimum Gasteiger partial charge on any atom is -0.326 e. The summed E-state index contributed by atoms with van der Waals surface area (Å²) in [5, 5.41) is 0. The van der Waals surface area contributed by atoms with Gasteiger partial charge in [-0.1, -0.05) is 35.9 Å². The number of nitrogens with zero attached hydrogens (tertiary/aromatic N) is 1. The van der Waals surface area contributed by atoms with E-state index in [0.29, 0.717) is 6.04 Å². The number of hydrogen-bond acceptors (Lipinski definition) is 2. The average Bonchev–Trinajstić information content (AvgIpc) is 2.34. The summed E-state index contributed by atoms with van der Waals surface area (Å²) in [5.41, 5.74) is 10.5. The lowest BCUT2D eigenvalue weighted by Gasteiger charge is -2.37. The Bertz CT molecular complexity index is 434. The monoisotopic (exact) mass is 244 g/mol. The molecule has 1 aromatic carbocycles. The first-order chi connectivity index (χ1) is 8.59. The van der Waals surface area contributed by atoms with E-state index in [2.05, 4.69) is 56.0 Å². The maximum Gasteiger partial charge on any atom is 0.0502 e. The van der Waals surface area contributed by atoms with Crippen molar-refractivity contribution in [2.75, 3.05) is 13.1 Å². The smallest absolute Gasteiger partial charge is 0.0502 e. The zero-order valence-electron chi connectivity index (χ0n) is 11.7. The standard InChI is InChI=1S/C16H24N2/c1-12-8-10-18(11-9-12)16(14(3)17)15-7-5-4-6-13(15)2/h4-8,14,16H,9-11,17H2,1-3H3. The summed E-state index contributed by atoms with van der Waals surface area (Å²) in [7, 11) is 0. The molecule has 98 valence electrons. The van der Waals surface area contributed by atoms with E-state index < -0.39 is 0 Å². The van der Waals surface area contributed by atoms with Crippen LogP contribution < -0.4 is 5.73 Å². The van der Waals surface area contributed by atoms with Gasteiger partial charge >= 0.3 is 0 Å². The van der Waals surface area contributed by atoms with Crippen LogP contribution in [0, 0.1) is 6.92 Å². The van der Waals surface area contributed by atoms with E-state index in [1.807, 2.05) is 0 Å². The van der Waals surface area contributed by atoms with Crippen LogP contribution in [-0.2, 0) is 0 Å². The van der Waals surface area contributed by atoms with Crippen molar-refractivity contribution in [1.82, 2.24) is 4.90 Å². The van der Waals surface area contributed by atoms with Gasteiger partial charge in [0.25, 0.3) is 0 Å². The van der Waals surface area contributed by atoms with Crippen LogP contribution in [0.4, 0.5) is 0 Å². The molecule has 1 aromatic rings. The fourth-order valence-corrected chi connectivity index (χ4v) is 2.77. The molecule has 2 atom stereocenters. The molecule has 2 rings (SSSR count). The summed E-state index contributed by atoms with van der Waals surface area (Å²) in [4.78, 5) is 2.50. The fraction of sp³-hybridized carbons (Fsp3) is 0.500. The summed E-state index contributed by atoms with van der Waals surface area (Å²) in [6, 6.07) is 9.08. The minimum atomic E-state index is 0.151. The molecule has 18 heavy (non-hydrogen) atoms. The number of nitrogens with two attached hydrogens (primary N) is 1. The van der Waals surface area contributed by atoms with Crippen molar-refractivity contribution in [1.29, 1.82) is 0 Å². The fourth-order valence-electron chi connectivity index (χ4n) is 2.77. The van der Waals surface area contributed by atoms with Crippen LogP contribution in [0.15, 0.2) is 35.9 Å². The first-order valence-electron chi connectivity index (χ1n) is 6.80. The molecule has 0 bridgehead atoms. The molecule has 0 saturated heterocycles.